The van der Waals surface area contributed by atoms with E-state index in [0.717, 1.165) is 15.9 Å². The molecule has 2 N–H and O–H groups in total. The van der Waals surface area contributed by atoms with Crippen molar-refractivity contribution in [3.8, 4) is 0 Å². The van der Waals surface area contributed by atoms with E-state index in [9.17, 15) is 9.59 Å². The second kappa shape index (κ2) is 6.24. The van der Waals surface area contributed by atoms with Gasteiger partial charge >= 0.3 is 0 Å². The van der Waals surface area contributed by atoms with E-state index in [1.165, 1.54) is 11.8 Å². The molecule has 2 rings (SSSR count). The first kappa shape index (κ1) is 13.4. The summed E-state index contributed by atoms with van der Waals surface area (Å²) in [6.45, 7) is 0.689. The van der Waals surface area contributed by atoms with Crippen LogP contribution in [0.1, 0.15) is 6.42 Å². The number of carbonyl (C=O) groups is 2. The van der Waals surface area contributed by atoms with Crippen molar-refractivity contribution in [3.63, 3.8) is 0 Å². The summed E-state index contributed by atoms with van der Waals surface area (Å²) in [6.07, 6.45) is 0.215. The van der Waals surface area contributed by atoms with Gasteiger partial charge in [-0.25, -0.2) is 0 Å². The third-order valence-corrected chi connectivity index (χ3v) is 4.26. The summed E-state index contributed by atoms with van der Waals surface area (Å²) in [5.74, 6) is 0.686. The second-order valence-electron chi connectivity index (χ2n) is 3.91. The lowest BCUT2D eigenvalue weighted by molar-refractivity contribution is -0.123. The molecule has 1 aliphatic rings. The van der Waals surface area contributed by atoms with Crippen molar-refractivity contribution >= 4 is 45.2 Å². The number of carbonyl (C=O) groups excluding carboxylic acids is 2. The minimum atomic E-state index is -0.269. The summed E-state index contributed by atoms with van der Waals surface area (Å²) < 4.78 is 0.961. The standard InChI is InChI=1S/C12H13BrN2O2S/c13-8-1-3-9(4-2-8)15-11(16)7-10-12(17)14-5-6-18-10/h1-4,10H,5-7H2,(H,14,17)(H,15,16)/t10-/m0/s1. The van der Waals surface area contributed by atoms with Gasteiger partial charge < -0.3 is 10.6 Å². The molecule has 1 heterocycles. The van der Waals surface area contributed by atoms with Crippen LogP contribution in [-0.2, 0) is 9.59 Å². The molecular formula is C12H13BrN2O2S. The van der Waals surface area contributed by atoms with Gasteiger partial charge in [0.2, 0.25) is 11.8 Å². The Balaban J connectivity index is 1.88. The van der Waals surface area contributed by atoms with E-state index in [1.54, 1.807) is 0 Å². The fourth-order valence-electron chi connectivity index (χ4n) is 1.63. The zero-order valence-corrected chi connectivity index (χ0v) is 12.0. The van der Waals surface area contributed by atoms with E-state index in [1.807, 2.05) is 24.3 Å². The Morgan fingerprint density at radius 2 is 2.17 bits per heavy atom. The van der Waals surface area contributed by atoms with Crippen LogP contribution in [0.5, 0.6) is 0 Å². The summed E-state index contributed by atoms with van der Waals surface area (Å²) in [7, 11) is 0. The van der Waals surface area contributed by atoms with Crippen molar-refractivity contribution in [1.29, 1.82) is 0 Å². The maximum atomic E-state index is 11.8. The van der Waals surface area contributed by atoms with Crippen LogP contribution < -0.4 is 10.6 Å². The minimum Gasteiger partial charge on any atom is -0.354 e. The number of benzene rings is 1. The van der Waals surface area contributed by atoms with Gasteiger partial charge in [-0.05, 0) is 24.3 Å². The van der Waals surface area contributed by atoms with E-state index >= 15 is 0 Å². The monoisotopic (exact) mass is 328 g/mol. The maximum absolute atomic E-state index is 11.8. The second-order valence-corrected chi connectivity index (χ2v) is 6.14. The molecule has 0 unspecified atom stereocenters. The summed E-state index contributed by atoms with van der Waals surface area (Å²) in [4.78, 5) is 23.3. The highest BCUT2D eigenvalue weighted by Crippen LogP contribution is 2.19. The number of halogens is 1. The summed E-state index contributed by atoms with van der Waals surface area (Å²) in [5, 5.41) is 5.28. The zero-order valence-electron chi connectivity index (χ0n) is 9.61. The number of rotatable bonds is 3. The molecule has 96 valence electrons. The average molecular weight is 329 g/mol. The Hall–Kier alpha value is -1.01. The molecule has 1 aliphatic heterocycles. The smallest absolute Gasteiger partial charge is 0.233 e. The Morgan fingerprint density at radius 3 is 2.83 bits per heavy atom. The molecular weight excluding hydrogens is 316 g/mol. The van der Waals surface area contributed by atoms with Crippen molar-refractivity contribution in [2.75, 3.05) is 17.6 Å². The third kappa shape index (κ3) is 3.74. The van der Waals surface area contributed by atoms with E-state index in [-0.39, 0.29) is 23.5 Å². The average Bonchev–Trinajstić information content (AvgIpc) is 2.35. The molecule has 0 aliphatic carbocycles. The van der Waals surface area contributed by atoms with Gasteiger partial charge in [0.25, 0.3) is 0 Å². The van der Waals surface area contributed by atoms with Crippen molar-refractivity contribution in [3.05, 3.63) is 28.7 Å². The van der Waals surface area contributed by atoms with E-state index in [0.29, 0.717) is 6.54 Å². The van der Waals surface area contributed by atoms with E-state index in [4.69, 9.17) is 0 Å². The predicted molar refractivity (Wildman–Crippen MR) is 76.6 cm³/mol. The summed E-state index contributed by atoms with van der Waals surface area (Å²) in [6, 6.07) is 7.35. The molecule has 6 heteroatoms. The quantitative estimate of drug-likeness (QED) is 0.892. The highest BCUT2D eigenvalue weighted by atomic mass is 79.9. The molecule has 1 aromatic rings. The first-order valence-electron chi connectivity index (χ1n) is 5.60. The first-order chi connectivity index (χ1) is 8.65. The number of amides is 2. The van der Waals surface area contributed by atoms with Gasteiger partial charge in [0, 0.05) is 28.9 Å². The van der Waals surface area contributed by atoms with Crippen LogP contribution in [0.4, 0.5) is 5.69 Å². The molecule has 0 bridgehead atoms. The molecule has 1 fully saturated rings. The van der Waals surface area contributed by atoms with Gasteiger partial charge in [-0.2, -0.15) is 0 Å². The van der Waals surface area contributed by atoms with Crippen molar-refractivity contribution in [2.45, 2.75) is 11.7 Å². The highest BCUT2D eigenvalue weighted by Gasteiger charge is 2.25. The molecule has 2 amide bonds. The Morgan fingerprint density at radius 1 is 1.44 bits per heavy atom. The first-order valence-corrected chi connectivity index (χ1v) is 7.44. The molecule has 4 nitrogen and oxygen atoms in total. The van der Waals surface area contributed by atoms with Crippen LogP contribution in [-0.4, -0.2) is 29.4 Å². The molecule has 0 radical (unpaired) electrons. The Labute approximate surface area is 118 Å². The van der Waals surface area contributed by atoms with Crippen LogP contribution >= 0.6 is 27.7 Å². The molecule has 0 aromatic heterocycles. The SMILES string of the molecule is O=C(C[C@@H]1SCCNC1=O)Nc1ccc(Br)cc1. The van der Waals surface area contributed by atoms with Gasteiger partial charge in [0.1, 0.15) is 0 Å². The molecule has 1 aromatic carbocycles. The number of hydrogen-bond acceptors (Lipinski definition) is 3. The van der Waals surface area contributed by atoms with Crippen LogP contribution in [0, 0.1) is 0 Å². The molecule has 1 saturated heterocycles. The van der Waals surface area contributed by atoms with E-state index in [2.05, 4.69) is 26.6 Å². The fraction of sp³-hybridized carbons (Fsp3) is 0.333. The Kier molecular flexibility index (Phi) is 4.66. The summed E-state index contributed by atoms with van der Waals surface area (Å²) in [5.41, 5.74) is 0.740. The topological polar surface area (TPSA) is 58.2 Å². The lowest BCUT2D eigenvalue weighted by atomic mass is 10.2. The highest BCUT2D eigenvalue weighted by molar-refractivity contribution is 9.10. The number of anilines is 1. The van der Waals surface area contributed by atoms with Crippen LogP contribution in [0.3, 0.4) is 0 Å². The minimum absolute atomic E-state index is 0.0443. The lowest BCUT2D eigenvalue weighted by Gasteiger charge is -2.20. The van der Waals surface area contributed by atoms with Crippen molar-refractivity contribution in [1.82, 2.24) is 5.32 Å². The number of thioether (sulfide) groups is 1. The predicted octanol–water partition coefficient (Wildman–Crippen LogP) is 2.01. The summed E-state index contributed by atoms with van der Waals surface area (Å²) >= 11 is 4.86. The molecule has 1 atom stereocenters. The van der Waals surface area contributed by atoms with Gasteiger partial charge in [-0.15, -0.1) is 11.8 Å². The Bertz CT molecular complexity index is 450. The normalized spacial score (nSPS) is 19.2. The molecule has 18 heavy (non-hydrogen) atoms. The molecule has 0 saturated carbocycles. The fourth-order valence-corrected chi connectivity index (χ4v) is 2.90. The van der Waals surface area contributed by atoms with Gasteiger partial charge in [0.15, 0.2) is 0 Å². The van der Waals surface area contributed by atoms with Gasteiger partial charge in [0.05, 0.1) is 5.25 Å². The maximum Gasteiger partial charge on any atom is 0.233 e. The van der Waals surface area contributed by atoms with Crippen LogP contribution in [0.25, 0.3) is 0 Å². The number of nitrogens with one attached hydrogen (secondary N) is 2. The van der Waals surface area contributed by atoms with Gasteiger partial charge in [-0.1, -0.05) is 15.9 Å². The lowest BCUT2D eigenvalue weighted by Crippen LogP contribution is -2.40. The van der Waals surface area contributed by atoms with Gasteiger partial charge in [-0.3, -0.25) is 9.59 Å². The number of hydrogen-bond donors (Lipinski definition) is 2. The van der Waals surface area contributed by atoms with Crippen LogP contribution in [0.15, 0.2) is 28.7 Å². The van der Waals surface area contributed by atoms with Crippen molar-refractivity contribution in [2.24, 2.45) is 0 Å². The van der Waals surface area contributed by atoms with Crippen molar-refractivity contribution < 1.29 is 9.59 Å². The van der Waals surface area contributed by atoms with Crippen LogP contribution in [0.2, 0.25) is 0 Å². The largest absolute Gasteiger partial charge is 0.354 e. The third-order valence-electron chi connectivity index (χ3n) is 2.51. The zero-order chi connectivity index (χ0) is 13.0. The van der Waals surface area contributed by atoms with E-state index < -0.39 is 0 Å². The molecule has 0 spiro atoms.